The zero-order valence-electron chi connectivity index (χ0n) is 13.7. The van der Waals surface area contributed by atoms with Crippen LogP contribution < -0.4 is 10.6 Å². The van der Waals surface area contributed by atoms with Crippen LogP contribution in [0.4, 0.5) is 0 Å². The maximum absolute atomic E-state index is 12.4. The third-order valence-electron chi connectivity index (χ3n) is 3.45. The Labute approximate surface area is 149 Å². The van der Waals surface area contributed by atoms with E-state index in [-0.39, 0.29) is 17.7 Å². The molecule has 1 aromatic heterocycles. The molecule has 0 radical (unpaired) electrons. The van der Waals surface area contributed by atoms with Gasteiger partial charge in [-0.15, -0.1) is 0 Å². The van der Waals surface area contributed by atoms with Crippen LogP contribution in [0, 0.1) is 5.92 Å². The Morgan fingerprint density at radius 2 is 1.88 bits per heavy atom. The molecule has 128 valence electrons. The summed E-state index contributed by atoms with van der Waals surface area (Å²) in [4.78, 5) is 24.8. The summed E-state index contributed by atoms with van der Waals surface area (Å²) in [5, 5.41) is 5.62. The molecule has 1 atom stereocenters. The first-order valence-corrected chi connectivity index (χ1v) is 8.61. The molecular weight excluding hydrogens is 372 g/mol. The SMILES string of the molecule is CC(C)C[C@@H](NC(=O)c1ccc(Br)cc1)C(=O)NCc1ccco1. The smallest absolute Gasteiger partial charge is 0.251 e. The molecule has 0 saturated heterocycles. The summed E-state index contributed by atoms with van der Waals surface area (Å²) < 4.78 is 6.10. The third-order valence-corrected chi connectivity index (χ3v) is 3.98. The number of furan rings is 1. The predicted molar refractivity (Wildman–Crippen MR) is 95.4 cm³/mol. The Morgan fingerprint density at radius 1 is 1.17 bits per heavy atom. The van der Waals surface area contributed by atoms with Gasteiger partial charge >= 0.3 is 0 Å². The quantitative estimate of drug-likeness (QED) is 0.757. The van der Waals surface area contributed by atoms with Gasteiger partial charge < -0.3 is 15.1 Å². The summed E-state index contributed by atoms with van der Waals surface area (Å²) >= 11 is 3.34. The summed E-state index contributed by atoms with van der Waals surface area (Å²) in [5.74, 6) is 0.465. The van der Waals surface area contributed by atoms with E-state index in [1.807, 2.05) is 13.8 Å². The first kappa shape index (κ1) is 18.3. The number of rotatable bonds is 7. The van der Waals surface area contributed by atoms with Gasteiger partial charge in [-0.05, 0) is 48.7 Å². The lowest BCUT2D eigenvalue weighted by Crippen LogP contribution is -2.47. The molecule has 6 heteroatoms. The highest BCUT2D eigenvalue weighted by molar-refractivity contribution is 9.10. The molecule has 0 aliphatic carbocycles. The molecule has 0 unspecified atom stereocenters. The van der Waals surface area contributed by atoms with Crippen LogP contribution in [0.3, 0.4) is 0 Å². The highest BCUT2D eigenvalue weighted by atomic mass is 79.9. The zero-order chi connectivity index (χ0) is 17.5. The molecule has 0 aliphatic rings. The number of hydrogen-bond donors (Lipinski definition) is 2. The molecule has 1 aromatic carbocycles. The minimum absolute atomic E-state index is 0.217. The monoisotopic (exact) mass is 392 g/mol. The molecule has 2 rings (SSSR count). The van der Waals surface area contributed by atoms with Gasteiger partial charge in [-0.25, -0.2) is 0 Å². The Kier molecular flexibility index (Phi) is 6.61. The minimum Gasteiger partial charge on any atom is -0.467 e. The Hall–Kier alpha value is -2.08. The standard InChI is InChI=1S/C18H21BrN2O3/c1-12(2)10-16(18(23)20-11-15-4-3-9-24-15)21-17(22)13-5-7-14(19)8-6-13/h3-9,12,16H,10-11H2,1-2H3,(H,20,23)(H,21,22)/t16-/m1/s1. The lowest BCUT2D eigenvalue weighted by Gasteiger charge is -2.20. The third kappa shape index (κ3) is 5.53. The fraction of sp³-hybridized carbons (Fsp3) is 0.333. The van der Waals surface area contributed by atoms with E-state index >= 15 is 0 Å². The second-order valence-corrected chi connectivity index (χ2v) is 6.88. The topological polar surface area (TPSA) is 71.3 Å². The lowest BCUT2D eigenvalue weighted by atomic mass is 10.0. The molecule has 1 heterocycles. The van der Waals surface area contributed by atoms with E-state index in [1.54, 1.807) is 42.7 Å². The normalized spacial score (nSPS) is 12.0. The molecule has 2 amide bonds. The van der Waals surface area contributed by atoms with Crippen molar-refractivity contribution in [2.75, 3.05) is 0 Å². The van der Waals surface area contributed by atoms with Crippen molar-refractivity contribution < 1.29 is 14.0 Å². The van der Waals surface area contributed by atoms with Gasteiger partial charge in [0.25, 0.3) is 5.91 Å². The molecule has 0 aliphatic heterocycles. The fourth-order valence-electron chi connectivity index (χ4n) is 2.26. The predicted octanol–water partition coefficient (Wildman–Crippen LogP) is 3.50. The van der Waals surface area contributed by atoms with Gasteiger partial charge in [0.2, 0.25) is 5.91 Å². The number of nitrogens with one attached hydrogen (secondary N) is 2. The molecule has 5 nitrogen and oxygen atoms in total. The van der Waals surface area contributed by atoms with E-state index in [0.29, 0.717) is 24.3 Å². The van der Waals surface area contributed by atoms with Gasteiger partial charge in [-0.1, -0.05) is 29.8 Å². The average Bonchev–Trinajstić information content (AvgIpc) is 3.05. The van der Waals surface area contributed by atoms with E-state index in [0.717, 1.165) is 4.47 Å². The number of hydrogen-bond acceptors (Lipinski definition) is 3. The van der Waals surface area contributed by atoms with Crippen molar-refractivity contribution in [3.05, 3.63) is 58.5 Å². The van der Waals surface area contributed by atoms with E-state index in [9.17, 15) is 9.59 Å². The number of carbonyl (C=O) groups is 2. The van der Waals surface area contributed by atoms with Crippen molar-refractivity contribution in [1.29, 1.82) is 0 Å². The van der Waals surface area contributed by atoms with Crippen LogP contribution in [0.1, 0.15) is 36.4 Å². The maximum Gasteiger partial charge on any atom is 0.251 e. The highest BCUT2D eigenvalue weighted by Gasteiger charge is 2.22. The van der Waals surface area contributed by atoms with Gasteiger partial charge in [0.15, 0.2) is 0 Å². The second-order valence-electron chi connectivity index (χ2n) is 5.96. The van der Waals surface area contributed by atoms with Crippen molar-refractivity contribution in [2.45, 2.75) is 32.9 Å². The lowest BCUT2D eigenvalue weighted by molar-refractivity contribution is -0.123. The van der Waals surface area contributed by atoms with Crippen LogP contribution in [0.5, 0.6) is 0 Å². The van der Waals surface area contributed by atoms with Crippen molar-refractivity contribution in [1.82, 2.24) is 10.6 Å². The van der Waals surface area contributed by atoms with Crippen LogP contribution in [0.2, 0.25) is 0 Å². The van der Waals surface area contributed by atoms with E-state index in [1.165, 1.54) is 0 Å². The number of benzene rings is 1. The van der Waals surface area contributed by atoms with E-state index < -0.39 is 6.04 Å². The first-order valence-electron chi connectivity index (χ1n) is 7.82. The highest BCUT2D eigenvalue weighted by Crippen LogP contribution is 2.12. The maximum atomic E-state index is 12.4. The Bertz CT molecular complexity index is 666. The molecule has 0 spiro atoms. The Balaban J connectivity index is 1.99. The van der Waals surface area contributed by atoms with Gasteiger partial charge in [-0.2, -0.15) is 0 Å². The summed E-state index contributed by atoms with van der Waals surface area (Å²) in [6.45, 7) is 4.33. The summed E-state index contributed by atoms with van der Waals surface area (Å²) in [6.07, 6.45) is 2.12. The fourth-order valence-corrected chi connectivity index (χ4v) is 2.52. The largest absolute Gasteiger partial charge is 0.467 e. The van der Waals surface area contributed by atoms with Crippen molar-refractivity contribution in [3.63, 3.8) is 0 Å². The van der Waals surface area contributed by atoms with E-state index in [2.05, 4.69) is 26.6 Å². The molecule has 2 N–H and O–H groups in total. The summed E-state index contributed by atoms with van der Waals surface area (Å²) in [7, 11) is 0. The summed E-state index contributed by atoms with van der Waals surface area (Å²) in [6, 6.07) is 9.99. The van der Waals surface area contributed by atoms with Crippen LogP contribution in [-0.2, 0) is 11.3 Å². The van der Waals surface area contributed by atoms with Crippen LogP contribution >= 0.6 is 15.9 Å². The molecular formula is C18H21BrN2O3. The van der Waals surface area contributed by atoms with Crippen LogP contribution in [0.15, 0.2) is 51.6 Å². The van der Waals surface area contributed by atoms with E-state index in [4.69, 9.17) is 4.42 Å². The number of carbonyl (C=O) groups excluding carboxylic acids is 2. The first-order chi connectivity index (χ1) is 11.5. The number of amides is 2. The minimum atomic E-state index is -0.587. The zero-order valence-corrected chi connectivity index (χ0v) is 15.3. The van der Waals surface area contributed by atoms with Crippen LogP contribution in [0.25, 0.3) is 0 Å². The Morgan fingerprint density at radius 3 is 2.46 bits per heavy atom. The number of halogens is 1. The van der Waals surface area contributed by atoms with Crippen molar-refractivity contribution in [3.8, 4) is 0 Å². The molecule has 0 bridgehead atoms. The van der Waals surface area contributed by atoms with Gasteiger partial charge in [0.1, 0.15) is 11.8 Å². The molecule has 0 saturated carbocycles. The van der Waals surface area contributed by atoms with Crippen molar-refractivity contribution >= 4 is 27.7 Å². The van der Waals surface area contributed by atoms with Crippen LogP contribution in [-0.4, -0.2) is 17.9 Å². The molecule has 24 heavy (non-hydrogen) atoms. The average molecular weight is 393 g/mol. The van der Waals surface area contributed by atoms with Gasteiger partial charge in [-0.3, -0.25) is 9.59 Å². The molecule has 2 aromatic rings. The second kappa shape index (κ2) is 8.68. The van der Waals surface area contributed by atoms with Gasteiger partial charge in [0.05, 0.1) is 12.8 Å². The van der Waals surface area contributed by atoms with Gasteiger partial charge in [0, 0.05) is 10.0 Å². The molecule has 0 fully saturated rings. The van der Waals surface area contributed by atoms with Crippen molar-refractivity contribution in [2.24, 2.45) is 5.92 Å². The summed E-state index contributed by atoms with van der Waals surface area (Å²) in [5.41, 5.74) is 0.519.